The minimum Gasteiger partial charge on any atom is -0.481 e. The Balaban J connectivity index is 2.99. The summed E-state index contributed by atoms with van der Waals surface area (Å²) in [4.78, 5) is 33.6. The number of carbonyl (C=O) groups is 3. The van der Waals surface area contributed by atoms with Gasteiger partial charge in [0.25, 0.3) is 0 Å². The first-order chi connectivity index (χ1) is 8.34. The van der Waals surface area contributed by atoms with Crippen LogP contribution >= 0.6 is 0 Å². The largest absolute Gasteiger partial charge is 0.481 e. The molecule has 4 N–H and O–H groups in total. The van der Waals surface area contributed by atoms with Crippen LogP contribution in [-0.2, 0) is 9.59 Å². The van der Waals surface area contributed by atoms with Gasteiger partial charge < -0.3 is 15.9 Å². The van der Waals surface area contributed by atoms with Crippen LogP contribution in [0.4, 0.5) is 5.69 Å². The van der Waals surface area contributed by atoms with Crippen LogP contribution in [0.3, 0.4) is 0 Å². The van der Waals surface area contributed by atoms with Crippen molar-refractivity contribution in [1.29, 1.82) is 0 Å². The van der Waals surface area contributed by atoms with Gasteiger partial charge in [-0.2, -0.15) is 0 Å². The molecule has 0 aliphatic heterocycles. The van der Waals surface area contributed by atoms with E-state index in [1.807, 2.05) is 0 Å². The predicted molar refractivity (Wildman–Crippen MR) is 63.1 cm³/mol. The van der Waals surface area contributed by atoms with Gasteiger partial charge in [0.15, 0.2) is 11.7 Å². The van der Waals surface area contributed by atoms with Crippen molar-refractivity contribution in [1.82, 2.24) is 0 Å². The normalized spacial score (nSPS) is 12.1. The molecule has 0 spiro atoms. The van der Waals surface area contributed by atoms with Gasteiger partial charge in [-0.1, -0.05) is 6.92 Å². The second-order valence-corrected chi connectivity index (χ2v) is 3.93. The summed E-state index contributed by atoms with van der Waals surface area (Å²) in [5, 5.41) is 17.6. The summed E-state index contributed by atoms with van der Waals surface area (Å²) in [6.45, 7) is 1.28. The SMILES string of the molecule is CC(C(=O)c1ccc(N)cc1)C(C(=O)O)C(=O)O. The molecule has 0 saturated carbocycles. The first-order valence-corrected chi connectivity index (χ1v) is 5.20. The van der Waals surface area contributed by atoms with Gasteiger partial charge >= 0.3 is 11.9 Å². The van der Waals surface area contributed by atoms with E-state index in [0.717, 1.165) is 0 Å². The number of carbonyl (C=O) groups excluding carboxylic acids is 1. The van der Waals surface area contributed by atoms with Crippen LogP contribution in [0.2, 0.25) is 0 Å². The zero-order chi connectivity index (χ0) is 13.9. The third-order valence-electron chi connectivity index (χ3n) is 2.64. The van der Waals surface area contributed by atoms with Crippen LogP contribution in [0.5, 0.6) is 0 Å². The molecule has 0 amide bonds. The molecular weight excluding hydrogens is 238 g/mol. The van der Waals surface area contributed by atoms with Gasteiger partial charge in [0.2, 0.25) is 0 Å². The highest BCUT2D eigenvalue weighted by atomic mass is 16.4. The third kappa shape index (κ3) is 2.85. The lowest BCUT2D eigenvalue weighted by Crippen LogP contribution is -2.34. The number of ketones is 1. The summed E-state index contributed by atoms with van der Waals surface area (Å²) in [5.74, 6) is -6.50. The van der Waals surface area contributed by atoms with Crippen LogP contribution in [0.1, 0.15) is 17.3 Å². The zero-order valence-corrected chi connectivity index (χ0v) is 9.66. The Morgan fingerprint density at radius 1 is 1.06 bits per heavy atom. The number of carboxylic acids is 2. The number of carboxylic acid groups (broad SMARTS) is 2. The molecule has 1 aromatic rings. The van der Waals surface area contributed by atoms with Gasteiger partial charge in [-0.3, -0.25) is 14.4 Å². The van der Waals surface area contributed by atoms with E-state index in [1.54, 1.807) is 0 Å². The first kappa shape index (κ1) is 13.7. The van der Waals surface area contributed by atoms with Gasteiger partial charge in [0, 0.05) is 17.2 Å². The quantitative estimate of drug-likeness (QED) is 0.406. The second-order valence-electron chi connectivity index (χ2n) is 3.93. The summed E-state index contributed by atoms with van der Waals surface area (Å²) in [5.41, 5.74) is 6.16. The van der Waals surface area contributed by atoms with Crippen LogP contribution < -0.4 is 5.73 Å². The Labute approximate surface area is 103 Å². The van der Waals surface area contributed by atoms with Crippen molar-refractivity contribution in [3.05, 3.63) is 29.8 Å². The molecule has 18 heavy (non-hydrogen) atoms. The molecule has 1 rings (SSSR count). The van der Waals surface area contributed by atoms with Crippen molar-refractivity contribution in [2.45, 2.75) is 6.92 Å². The lowest BCUT2D eigenvalue weighted by molar-refractivity contribution is -0.156. The van der Waals surface area contributed by atoms with Crippen LogP contribution in [0.25, 0.3) is 0 Å². The number of Topliss-reactive ketones (excluding diaryl/α,β-unsaturated/α-hetero) is 1. The number of aliphatic carboxylic acids is 2. The van der Waals surface area contributed by atoms with E-state index in [0.29, 0.717) is 5.69 Å². The van der Waals surface area contributed by atoms with Crippen molar-refractivity contribution < 1.29 is 24.6 Å². The van der Waals surface area contributed by atoms with E-state index in [9.17, 15) is 14.4 Å². The topological polar surface area (TPSA) is 118 Å². The molecule has 96 valence electrons. The molecule has 0 aliphatic carbocycles. The molecule has 0 fully saturated rings. The average molecular weight is 251 g/mol. The summed E-state index contributed by atoms with van der Waals surface area (Å²) in [6.07, 6.45) is 0. The number of benzene rings is 1. The number of rotatable bonds is 5. The molecule has 0 bridgehead atoms. The second kappa shape index (κ2) is 5.31. The van der Waals surface area contributed by atoms with Crippen LogP contribution in [-0.4, -0.2) is 27.9 Å². The number of hydrogen-bond donors (Lipinski definition) is 3. The average Bonchev–Trinajstić information content (AvgIpc) is 2.28. The lowest BCUT2D eigenvalue weighted by atomic mass is 9.87. The molecule has 0 saturated heterocycles. The van der Waals surface area contributed by atoms with Crippen molar-refractivity contribution in [2.75, 3.05) is 5.73 Å². The maximum atomic E-state index is 11.9. The van der Waals surface area contributed by atoms with Gasteiger partial charge in [-0.05, 0) is 24.3 Å². The van der Waals surface area contributed by atoms with E-state index < -0.39 is 29.6 Å². The predicted octanol–water partition coefficient (Wildman–Crippen LogP) is 0.873. The molecule has 6 heteroatoms. The summed E-state index contributed by atoms with van der Waals surface area (Å²) >= 11 is 0. The zero-order valence-electron chi connectivity index (χ0n) is 9.66. The fourth-order valence-electron chi connectivity index (χ4n) is 1.60. The molecule has 0 radical (unpaired) electrons. The van der Waals surface area contributed by atoms with Gasteiger partial charge in [-0.15, -0.1) is 0 Å². The standard InChI is InChI=1S/C12H13NO5/c1-6(9(11(15)16)12(17)18)10(14)7-2-4-8(13)5-3-7/h2-6,9H,13H2,1H3,(H,15,16)(H,17,18). The Bertz CT molecular complexity index is 466. The molecule has 0 aliphatic rings. The lowest BCUT2D eigenvalue weighted by Gasteiger charge is -2.15. The fourth-order valence-corrected chi connectivity index (χ4v) is 1.60. The van der Waals surface area contributed by atoms with Crippen LogP contribution in [0.15, 0.2) is 24.3 Å². The van der Waals surface area contributed by atoms with E-state index in [4.69, 9.17) is 15.9 Å². The molecule has 0 aromatic heterocycles. The molecule has 0 heterocycles. The Hall–Kier alpha value is -2.37. The minimum atomic E-state index is -1.75. The van der Waals surface area contributed by atoms with E-state index in [1.165, 1.54) is 31.2 Å². The monoisotopic (exact) mass is 251 g/mol. The maximum Gasteiger partial charge on any atom is 0.318 e. The van der Waals surface area contributed by atoms with E-state index >= 15 is 0 Å². The number of anilines is 1. The van der Waals surface area contributed by atoms with E-state index in [-0.39, 0.29) is 5.56 Å². The highest BCUT2D eigenvalue weighted by Crippen LogP contribution is 2.19. The van der Waals surface area contributed by atoms with Crippen molar-refractivity contribution >= 4 is 23.4 Å². The summed E-state index contributed by atoms with van der Waals surface area (Å²) < 4.78 is 0. The molecule has 1 atom stereocenters. The van der Waals surface area contributed by atoms with Gasteiger partial charge in [0.1, 0.15) is 0 Å². The summed E-state index contributed by atoms with van der Waals surface area (Å²) in [6, 6.07) is 5.87. The third-order valence-corrected chi connectivity index (χ3v) is 2.64. The number of nitrogen functional groups attached to an aromatic ring is 1. The van der Waals surface area contributed by atoms with Crippen LogP contribution in [0, 0.1) is 11.8 Å². The molecule has 1 unspecified atom stereocenters. The molecular formula is C12H13NO5. The Morgan fingerprint density at radius 3 is 1.89 bits per heavy atom. The van der Waals surface area contributed by atoms with Gasteiger partial charge in [0.05, 0.1) is 0 Å². The maximum absolute atomic E-state index is 11.9. The fraction of sp³-hybridized carbons (Fsp3) is 0.250. The highest BCUT2D eigenvalue weighted by Gasteiger charge is 2.36. The smallest absolute Gasteiger partial charge is 0.318 e. The minimum absolute atomic E-state index is 0.240. The summed E-state index contributed by atoms with van der Waals surface area (Å²) in [7, 11) is 0. The first-order valence-electron chi connectivity index (χ1n) is 5.20. The molecule has 1 aromatic carbocycles. The number of hydrogen-bond acceptors (Lipinski definition) is 4. The van der Waals surface area contributed by atoms with Crippen molar-refractivity contribution in [3.63, 3.8) is 0 Å². The Kier molecular flexibility index (Phi) is 4.04. The van der Waals surface area contributed by atoms with Gasteiger partial charge in [-0.25, -0.2) is 0 Å². The highest BCUT2D eigenvalue weighted by molar-refractivity contribution is 6.05. The Morgan fingerprint density at radius 2 is 1.50 bits per heavy atom. The van der Waals surface area contributed by atoms with Crippen molar-refractivity contribution in [3.8, 4) is 0 Å². The van der Waals surface area contributed by atoms with E-state index in [2.05, 4.69) is 0 Å². The van der Waals surface area contributed by atoms with Crippen molar-refractivity contribution in [2.24, 2.45) is 11.8 Å². The molecule has 6 nitrogen and oxygen atoms in total. The number of nitrogens with two attached hydrogens (primary N) is 1.